The Kier molecular flexibility index (Phi) is 1.77. The van der Waals surface area contributed by atoms with Gasteiger partial charge >= 0.3 is 0 Å². The van der Waals surface area contributed by atoms with Crippen molar-refractivity contribution >= 4 is 5.91 Å². The molecule has 1 amide bonds. The smallest absolute Gasteiger partial charge is 0.222 e. The van der Waals surface area contributed by atoms with Crippen LogP contribution in [0.15, 0.2) is 5.11 Å². The topological polar surface area (TPSA) is 65.8 Å². The Morgan fingerprint density at radius 1 is 1.42 bits per heavy atom. The number of carbonyl (C=O) groups excluding carboxylic acids is 1. The molecule has 4 nitrogen and oxygen atoms in total. The number of nitrogens with zero attached hydrogens (tertiary/aromatic N) is 3. The molecule has 3 atom stereocenters. The molecule has 2 aliphatic carbocycles. The van der Waals surface area contributed by atoms with Crippen molar-refractivity contribution in [2.24, 2.45) is 22.9 Å². The highest BCUT2D eigenvalue weighted by atomic mass is 16.1. The van der Waals surface area contributed by atoms with Gasteiger partial charge in [0.15, 0.2) is 0 Å². The SMILES string of the molecule is [N-]=[N+]=NC(=O)[C@H]1C[C@@H]2CC[C@H]1C2. The summed E-state index contributed by atoms with van der Waals surface area (Å²) in [5.41, 5.74) is 8.10. The van der Waals surface area contributed by atoms with Crippen molar-refractivity contribution in [3.05, 3.63) is 10.4 Å². The van der Waals surface area contributed by atoms with Gasteiger partial charge in [0.25, 0.3) is 0 Å². The summed E-state index contributed by atoms with van der Waals surface area (Å²) < 4.78 is 0. The summed E-state index contributed by atoms with van der Waals surface area (Å²) in [6.45, 7) is 0. The lowest BCUT2D eigenvalue weighted by atomic mass is 9.88. The van der Waals surface area contributed by atoms with Gasteiger partial charge in [-0.25, -0.2) is 0 Å². The second-order valence-corrected chi connectivity index (χ2v) is 3.81. The molecule has 0 N–H and O–H groups in total. The molecule has 2 saturated carbocycles. The first kappa shape index (κ1) is 7.62. The van der Waals surface area contributed by atoms with Gasteiger partial charge in [-0.1, -0.05) is 6.42 Å². The minimum absolute atomic E-state index is 0.0552. The summed E-state index contributed by atoms with van der Waals surface area (Å²) in [5.74, 6) is 1.08. The number of amides is 1. The minimum atomic E-state index is -0.232. The van der Waals surface area contributed by atoms with Gasteiger partial charge in [-0.2, -0.15) is 0 Å². The highest BCUT2D eigenvalue weighted by Gasteiger charge is 2.42. The summed E-state index contributed by atoms with van der Waals surface area (Å²) in [5, 5.41) is 3.17. The average Bonchev–Trinajstić information content (AvgIpc) is 2.64. The van der Waals surface area contributed by atoms with Crippen LogP contribution in [0.2, 0.25) is 0 Å². The van der Waals surface area contributed by atoms with E-state index in [0.717, 1.165) is 18.8 Å². The van der Waals surface area contributed by atoms with Gasteiger partial charge in [-0.05, 0) is 41.7 Å². The molecule has 0 aliphatic heterocycles. The average molecular weight is 165 g/mol. The molecule has 2 bridgehead atoms. The fraction of sp³-hybridized carbons (Fsp3) is 0.875. The molecule has 0 radical (unpaired) electrons. The predicted octanol–water partition coefficient (Wildman–Crippen LogP) is 2.26. The van der Waals surface area contributed by atoms with Crippen molar-refractivity contribution in [1.29, 1.82) is 0 Å². The first-order valence-corrected chi connectivity index (χ1v) is 4.40. The van der Waals surface area contributed by atoms with Crippen LogP contribution in [0.5, 0.6) is 0 Å². The van der Waals surface area contributed by atoms with E-state index in [4.69, 9.17) is 5.53 Å². The van der Waals surface area contributed by atoms with Crippen LogP contribution in [0.3, 0.4) is 0 Å². The molecule has 0 unspecified atom stereocenters. The highest BCUT2D eigenvalue weighted by Crippen LogP contribution is 2.48. The van der Waals surface area contributed by atoms with E-state index in [2.05, 4.69) is 10.0 Å². The molecule has 0 aromatic carbocycles. The number of hydrogen-bond donors (Lipinski definition) is 0. The maximum Gasteiger partial charge on any atom is 0.222 e. The van der Waals surface area contributed by atoms with E-state index in [1.807, 2.05) is 0 Å². The maximum absolute atomic E-state index is 11.2. The summed E-state index contributed by atoms with van der Waals surface area (Å²) in [4.78, 5) is 13.8. The molecule has 0 heterocycles. The van der Waals surface area contributed by atoms with Gasteiger partial charge in [0.05, 0.1) is 0 Å². The zero-order chi connectivity index (χ0) is 8.55. The molecule has 64 valence electrons. The zero-order valence-corrected chi connectivity index (χ0v) is 6.81. The molecule has 2 fully saturated rings. The van der Waals surface area contributed by atoms with Crippen molar-refractivity contribution in [1.82, 2.24) is 0 Å². The van der Waals surface area contributed by atoms with E-state index >= 15 is 0 Å². The molecular weight excluding hydrogens is 154 g/mol. The van der Waals surface area contributed by atoms with E-state index in [-0.39, 0.29) is 11.8 Å². The van der Waals surface area contributed by atoms with Crippen LogP contribution >= 0.6 is 0 Å². The Hall–Kier alpha value is -1.02. The second kappa shape index (κ2) is 2.79. The van der Waals surface area contributed by atoms with Crippen molar-refractivity contribution in [2.75, 3.05) is 0 Å². The molecule has 0 saturated heterocycles. The lowest BCUT2D eigenvalue weighted by Gasteiger charge is -2.17. The standard InChI is InChI=1S/C8H11N3O/c9-11-10-8(12)7-4-5-1-2-6(7)3-5/h5-7H,1-4H2/t5-,6+,7+/m1/s1. The Morgan fingerprint density at radius 2 is 2.25 bits per heavy atom. The Labute approximate surface area is 70.6 Å². The quantitative estimate of drug-likeness (QED) is 0.334. The summed E-state index contributed by atoms with van der Waals surface area (Å²) in [7, 11) is 0. The van der Waals surface area contributed by atoms with E-state index in [0.29, 0.717) is 5.92 Å². The van der Waals surface area contributed by atoms with Crippen LogP contribution in [-0.4, -0.2) is 5.91 Å². The molecule has 2 aliphatic rings. The van der Waals surface area contributed by atoms with Crippen molar-refractivity contribution in [3.8, 4) is 0 Å². The van der Waals surface area contributed by atoms with Crippen LogP contribution in [-0.2, 0) is 4.79 Å². The number of fused-ring (bicyclic) bond motifs is 2. The lowest BCUT2D eigenvalue weighted by Crippen LogP contribution is -2.18. The number of carbonyl (C=O) groups is 1. The molecular formula is C8H11N3O. The third-order valence-electron chi connectivity index (χ3n) is 3.20. The van der Waals surface area contributed by atoms with Crippen LogP contribution in [0.25, 0.3) is 10.4 Å². The fourth-order valence-electron chi connectivity index (χ4n) is 2.67. The van der Waals surface area contributed by atoms with Crippen LogP contribution in [0.1, 0.15) is 25.7 Å². The summed E-state index contributed by atoms with van der Waals surface area (Å²) in [6, 6.07) is 0. The van der Waals surface area contributed by atoms with E-state index < -0.39 is 0 Å². The molecule has 12 heavy (non-hydrogen) atoms. The Morgan fingerprint density at radius 3 is 2.75 bits per heavy atom. The lowest BCUT2D eigenvalue weighted by molar-refractivity contribution is -0.123. The molecule has 2 rings (SSSR count). The normalized spacial score (nSPS) is 37.8. The summed E-state index contributed by atoms with van der Waals surface area (Å²) >= 11 is 0. The first-order chi connectivity index (χ1) is 5.81. The number of azide groups is 1. The maximum atomic E-state index is 11.2. The number of hydrogen-bond acceptors (Lipinski definition) is 1. The van der Waals surface area contributed by atoms with Gasteiger partial charge in [0.1, 0.15) is 0 Å². The van der Waals surface area contributed by atoms with Gasteiger partial charge in [-0.3, -0.25) is 4.79 Å². The number of rotatable bonds is 1. The van der Waals surface area contributed by atoms with Crippen LogP contribution in [0.4, 0.5) is 0 Å². The van der Waals surface area contributed by atoms with Gasteiger partial charge in [-0.15, -0.1) is 0 Å². The van der Waals surface area contributed by atoms with E-state index in [9.17, 15) is 4.79 Å². The Balaban J connectivity index is 2.07. The molecule has 4 heteroatoms. The first-order valence-electron chi connectivity index (χ1n) is 4.40. The third kappa shape index (κ3) is 1.08. The van der Waals surface area contributed by atoms with E-state index in [1.165, 1.54) is 12.8 Å². The van der Waals surface area contributed by atoms with Gasteiger partial charge < -0.3 is 0 Å². The van der Waals surface area contributed by atoms with Gasteiger partial charge in [0, 0.05) is 10.8 Å². The third-order valence-corrected chi connectivity index (χ3v) is 3.20. The zero-order valence-electron chi connectivity index (χ0n) is 6.81. The molecule has 0 aromatic rings. The minimum Gasteiger partial charge on any atom is -0.292 e. The van der Waals surface area contributed by atoms with Crippen molar-refractivity contribution < 1.29 is 4.79 Å². The molecule has 0 spiro atoms. The summed E-state index contributed by atoms with van der Waals surface area (Å²) in [6.07, 6.45) is 4.56. The van der Waals surface area contributed by atoms with Crippen molar-refractivity contribution in [2.45, 2.75) is 25.7 Å². The predicted molar refractivity (Wildman–Crippen MR) is 43.1 cm³/mol. The highest BCUT2D eigenvalue weighted by molar-refractivity contribution is 5.80. The largest absolute Gasteiger partial charge is 0.292 e. The monoisotopic (exact) mass is 165 g/mol. The second-order valence-electron chi connectivity index (χ2n) is 3.81. The van der Waals surface area contributed by atoms with Crippen LogP contribution < -0.4 is 0 Å². The van der Waals surface area contributed by atoms with Crippen molar-refractivity contribution in [3.63, 3.8) is 0 Å². The van der Waals surface area contributed by atoms with E-state index in [1.54, 1.807) is 0 Å². The van der Waals surface area contributed by atoms with Crippen LogP contribution in [0, 0.1) is 17.8 Å². The fourth-order valence-corrected chi connectivity index (χ4v) is 2.67. The van der Waals surface area contributed by atoms with Gasteiger partial charge in [0.2, 0.25) is 5.91 Å². The molecule has 0 aromatic heterocycles. The Bertz CT molecular complexity index is 257.